The molecular weight excluding hydrogens is 234 g/mol. The number of rotatable bonds is 9. The summed E-state index contributed by atoms with van der Waals surface area (Å²) in [7, 11) is 1.62. The molecule has 0 aromatic rings. The molecule has 0 saturated heterocycles. The molecule has 0 unspecified atom stereocenters. The van der Waals surface area contributed by atoms with E-state index >= 15 is 0 Å². The Balaban J connectivity index is 2.11. The average Bonchev–Trinajstić information content (AvgIpc) is 2.27. The molecule has 1 rings (SSSR count). The molecule has 1 fully saturated rings. The van der Waals surface area contributed by atoms with E-state index in [0.717, 1.165) is 32.1 Å². The maximum Gasteiger partial charge on any atom is 0.303 e. The number of carbonyl (C=O) groups is 2. The highest BCUT2D eigenvalue weighted by atomic mass is 16.5. The Morgan fingerprint density at radius 1 is 1.28 bits per heavy atom. The standard InChI is InChI=1S/C13H23NO4/c1-18-10-13(7-5-8-13)12(17)14-9-4-2-3-6-11(15)16/h2-10H2,1H3,(H,14,17)(H,15,16). The monoisotopic (exact) mass is 257 g/mol. The summed E-state index contributed by atoms with van der Waals surface area (Å²) in [4.78, 5) is 22.3. The third kappa shape index (κ3) is 4.29. The number of aliphatic carboxylic acids is 1. The average molecular weight is 257 g/mol. The number of carboxylic acid groups (broad SMARTS) is 1. The lowest BCUT2D eigenvalue weighted by Crippen LogP contribution is -2.48. The van der Waals surface area contributed by atoms with Crippen LogP contribution in [0.1, 0.15) is 44.9 Å². The van der Waals surface area contributed by atoms with Crippen molar-refractivity contribution < 1.29 is 19.4 Å². The van der Waals surface area contributed by atoms with Gasteiger partial charge in [0.05, 0.1) is 12.0 Å². The van der Waals surface area contributed by atoms with Crippen LogP contribution in [0.5, 0.6) is 0 Å². The first-order chi connectivity index (χ1) is 8.60. The summed E-state index contributed by atoms with van der Waals surface area (Å²) < 4.78 is 5.12. The smallest absolute Gasteiger partial charge is 0.303 e. The van der Waals surface area contributed by atoms with Crippen LogP contribution in [0.4, 0.5) is 0 Å². The minimum atomic E-state index is -0.757. The van der Waals surface area contributed by atoms with E-state index in [1.54, 1.807) is 7.11 Å². The Bertz CT molecular complexity index is 287. The summed E-state index contributed by atoms with van der Waals surface area (Å²) in [6, 6.07) is 0. The van der Waals surface area contributed by atoms with Crippen LogP contribution in [0, 0.1) is 5.41 Å². The SMILES string of the molecule is COCC1(C(=O)NCCCCCC(=O)O)CCC1. The Morgan fingerprint density at radius 3 is 2.50 bits per heavy atom. The number of methoxy groups -OCH3 is 1. The van der Waals surface area contributed by atoms with Crippen molar-refractivity contribution in [2.45, 2.75) is 44.9 Å². The van der Waals surface area contributed by atoms with E-state index < -0.39 is 5.97 Å². The number of nitrogens with one attached hydrogen (secondary N) is 1. The van der Waals surface area contributed by atoms with Gasteiger partial charge in [-0.05, 0) is 25.7 Å². The van der Waals surface area contributed by atoms with E-state index in [2.05, 4.69) is 5.32 Å². The van der Waals surface area contributed by atoms with Crippen LogP contribution in [0.15, 0.2) is 0 Å². The molecule has 5 nitrogen and oxygen atoms in total. The molecule has 0 aliphatic heterocycles. The van der Waals surface area contributed by atoms with Crippen molar-refractivity contribution in [2.75, 3.05) is 20.3 Å². The summed E-state index contributed by atoms with van der Waals surface area (Å²) >= 11 is 0. The van der Waals surface area contributed by atoms with Crippen molar-refractivity contribution in [3.05, 3.63) is 0 Å². The lowest BCUT2D eigenvalue weighted by molar-refractivity contribution is -0.140. The van der Waals surface area contributed by atoms with Crippen molar-refractivity contribution in [3.63, 3.8) is 0 Å². The first-order valence-corrected chi connectivity index (χ1v) is 6.60. The first-order valence-electron chi connectivity index (χ1n) is 6.60. The summed E-state index contributed by atoms with van der Waals surface area (Å²) in [6.07, 6.45) is 5.47. The molecule has 1 saturated carbocycles. The van der Waals surface area contributed by atoms with Crippen molar-refractivity contribution in [1.82, 2.24) is 5.32 Å². The maximum absolute atomic E-state index is 12.0. The van der Waals surface area contributed by atoms with Crippen molar-refractivity contribution in [3.8, 4) is 0 Å². The van der Waals surface area contributed by atoms with Gasteiger partial charge < -0.3 is 15.2 Å². The lowest BCUT2D eigenvalue weighted by atomic mass is 9.68. The molecule has 1 amide bonds. The molecule has 0 aromatic carbocycles. The zero-order valence-corrected chi connectivity index (χ0v) is 11.0. The van der Waals surface area contributed by atoms with Crippen LogP contribution in [0.2, 0.25) is 0 Å². The highest BCUT2D eigenvalue weighted by Crippen LogP contribution is 2.41. The van der Waals surface area contributed by atoms with Crippen LogP contribution >= 0.6 is 0 Å². The van der Waals surface area contributed by atoms with Gasteiger partial charge in [0.2, 0.25) is 5.91 Å². The van der Waals surface area contributed by atoms with Gasteiger partial charge in [-0.3, -0.25) is 9.59 Å². The largest absolute Gasteiger partial charge is 0.481 e. The maximum atomic E-state index is 12.0. The normalized spacial score (nSPS) is 16.9. The predicted molar refractivity (Wildman–Crippen MR) is 67.3 cm³/mol. The van der Waals surface area contributed by atoms with Gasteiger partial charge in [-0.1, -0.05) is 12.8 Å². The lowest BCUT2D eigenvalue weighted by Gasteiger charge is -2.39. The third-order valence-corrected chi connectivity index (χ3v) is 3.57. The van der Waals surface area contributed by atoms with E-state index in [-0.39, 0.29) is 17.7 Å². The summed E-state index contributed by atoms with van der Waals surface area (Å²) in [6.45, 7) is 1.13. The number of amides is 1. The highest BCUT2D eigenvalue weighted by Gasteiger charge is 2.43. The van der Waals surface area contributed by atoms with Gasteiger partial charge >= 0.3 is 5.97 Å². The highest BCUT2D eigenvalue weighted by molar-refractivity contribution is 5.83. The Hall–Kier alpha value is -1.10. The molecule has 0 spiro atoms. The second-order valence-corrected chi connectivity index (χ2v) is 5.03. The molecule has 1 aliphatic carbocycles. The Kier molecular flexibility index (Phi) is 6.12. The fourth-order valence-corrected chi connectivity index (χ4v) is 2.28. The van der Waals surface area contributed by atoms with Gasteiger partial charge in [0.1, 0.15) is 0 Å². The van der Waals surface area contributed by atoms with Gasteiger partial charge in [-0.25, -0.2) is 0 Å². The van der Waals surface area contributed by atoms with Crippen LogP contribution in [-0.4, -0.2) is 37.2 Å². The Morgan fingerprint density at radius 2 is 2.00 bits per heavy atom. The van der Waals surface area contributed by atoms with Crippen molar-refractivity contribution in [1.29, 1.82) is 0 Å². The van der Waals surface area contributed by atoms with E-state index in [1.807, 2.05) is 0 Å². The topological polar surface area (TPSA) is 75.6 Å². The van der Waals surface area contributed by atoms with E-state index in [0.29, 0.717) is 19.6 Å². The van der Waals surface area contributed by atoms with Crippen LogP contribution in [0.25, 0.3) is 0 Å². The van der Waals surface area contributed by atoms with Crippen LogP contribution < -0.4 is 5.32 Å². The van der Waals surface area contributed by atoms with Crippen LogP contribution in [0.3, 0.4) is 0 Å². The van der Waals surface area contributed by atoms with E-state index in [9.17, 15) is 9.59 Å². The molecule has 0 atom stereocenters. The number of ether oxygens (including phenoxy) is 1. The number of unbranched alkanes of at least 4 members (excludes halogenated alkanes) is 2. The molecule has 18 heavy (non-hydrogen) atoms. The first kappa shape index (κ1) is 15.0. The molecular formula is C13H23NO4. The quantitative estimate of drug-likeness (QED) is 0.615. The molecule has 0 aromatic heterocycles. The number of hydrogen-bond donors (Lipinski definition) is 2. The molecule has 104 valence electrons. The predicted octanol–water partition coefficient (Wildman–Crippen LogP) is 1.56. The van der Waals surface area contributed by atoms with Gasteiger partial charge in [-0.15, -0.1) is 0 Å². The molecule has 0 radical (unpaired) electrons. The van der Waals surface area contributed by atoms with E-state index in [1.165, 1.54) is 0 Å². The van der Waals surface area contributed by atoms with Crippen molar-refractivity contribution >= 4 is 11.9 Å². The third-order valence-electron chi connectivity index (χ3n) is 3.57. The minimum Gasteiger partial charge on any atom is -0.481 e. The number of carbonyl (C=O) groups excluding carboxylic acids is 1. The van der Waals surface area contributed by atoms with Gasteiger partial charge in [0.15, 0.2) is 0 Å². The van der Waals surface area contributed by atoms with Gasteiger partial charge in [0.25, 0.3) is 0 Å². The zero-order chi connectivity index (χ0) is 13.4. The fraction of sp³-hybridized carbons (Fsp3) is 0.846. The number of carboxylic acids is 1. The summed E-state index contributed by atoms with van der Waals surface area (Å²) in [5.41, 5.74) is -0.296. The summed E-state index contributed by atoms with van der Waals surface area (Å²) in [5, 5.41) is 11.4. The molecule has 2 N–H and O–H groups in total. The fourth-order valence-electron chi connectivity index (χ4n) is 2.28. The van der Waals surface area contributed by atoms with Gasteiger partial charge in [0, 0.05) is 20.1 Å². The molecule has 0 heterocycles. The van der Waals surface area contributed by atoms with E-state index in [4.69, 9.17) is 9.84 Å². The minimum absolute atomic E-state index is 0.0915. The van der Waals surface area contributed by atoms with Crippen molar-refractivity contribution in [2.24, 2.45) is 5.41 Å². The summed E-state index contributed by atoms with van der Waals surface area (Å²) in [5.74, 6) is -0.665. The van der Waals surface area contributed by atoms with Crippen LogP contribution in [-0.2, 0) is 14.3 Å². The number of hydrogen-bond acceptors (Lipinski definition) is 3. The second kappa shape index (κ2) is 7.36. The molecule has 1 aliphatic rings. The van der Waals surface area contributed by atoms with Gasteiger partial charge in [-0.2, -0.15) is 0 Å². The Labute approximate surface area is 108 Å². The zero-order valence-electron chi connectivity index (χ0n) is 11.0. The molecule has 5 heteroatoms. The second-order valence-electron chi connectivity index (χ2n) is 5.03. The molecule has 0 bridgehead atoms.